The summed E-state index contributed by atoms with van der Waals surface area (Å²) >= 11 is 0. The minimum Gasteiger partial charge on any atom is -0.507 e. The van der Waals surface area contributed by atoms with Gasteiger partial charge in [-0.15, -0.1) is 0 Å². The van der Waals surface area contributed by atoms with Gasteiger partial charge in [0, 0.05) is 11.1 Å². The Labute approximate surface area is 139 Å². The third kappa shape index (κ3) is 2.30. The summed E-state index contributed by atoms with van der Waals surface area (Å²) in [6.07, 6.45) is 1.13. The van der Waals surface area contributed by atoms with Gasteiger partial charge in [0.25, 0.3) is 0 Å². The van der Waals surface area contributed by atoms with Crippen LogP contribution in [0.4, 0.5) is 8.78 Å². The smallest absolute Gasteiger partial charge is 0.187 e. The van der Waals surface area contributed by atoms with Crippen LogP contribution in [0.1, 0.15) is 41.2 Å². The summed E-state index contributed by atoms with van der Waals surface area (Å²) < 4.78 is 33.7. The van der Waals surface area contributed by atoms with E-state index in [0.717, 1.165) is 34.4 Å². The molecule has 2 N–H and O–H groups in total. The highest BCUT2D eigenvalue weighted by Crippen LogP contribution is 2.46. The van der Waals surface area contributed by atoms with Crippen molar-refractivity contribution in [1.29, 1.82) is 0 Å². The van der Waals surface area contributed by atoms with E-state index >= 15 is 0 Å². The lowest BCUT2D eigenvalue weighted by atomic mass is 9.83. The number of benzene rings is 2. The van der Waals surface area contributed by atoms with Crippen molar-refractivity contribution in [3.63, 3.8) is 0 Å². The zero-order chi connectivity index (χ0) is 17.8. The SMILES string of the molecule is Cc1c(C)c2c(c(C)c1O)CCC(C)(c1cc(F)c(O)c(F)c1)O2. The first-order chi connectivity index (χ1) is 11.2. The monoisotopic (exact) mass is 334 g/mol. The maximum atomic E-state index is 13.7. The van der Waals surface area contributed by atoms with Gasteiger partial charge in [-0.1, -0.05) is 0 Å². The molecule has 0 spiro atoms. The van der Waals surface area contributed by atoms with E-state index in [9.17, 15) is 19.0 Å². The van der Waals surface area contributed by atoms with Crippen LogP contribution in [0, 0.1) is 32.4 Å². The third-order valence-electron chi connectivity index (χ3n) is 5.15. The molecular weight excluding hydrogens is 314 g/mol. The van der Waals surface area contributed by atoms with E-state index in [4.69, 9.17) is 4.74 Å². The van der Waals surface area contributed by atoms with Crippen LogP contribution in [0.2, 0.25) is 0 Å². The Morgan fingerprint density at radius 3 is 2.12 bits per heavy atom. The molecule has 0 amide bonds. The van der Waals surface area contributed by atoms with Crippen molar-refractivity contribution in [2.24, 2.45) is 0 Å². The van der Waals surface area contributed by atoms with Gasteiger partial charge in [0.15, 0.2) is 17.4 Å². The lowest BCUT2D eigenvalue weighted by Gasteiger charge is -2.38. The molecule has 24 heavy (non-hydrogen) atoms. The Balaban J connectivity index is 2.12. The largest absolute Gasteiger partial charge is 0.507 e. The lowest BCUT2D eigenvalue weighted by Crippen LogP contribution is -2.34. The van der Waals surface area contributed by atoms with E-state index in [0.29, 0.717) is 24.2 Å². The van der Waals surface area contributed by atoms with Crippen LogP contribution in [0.3, 0.4) is 0 Å². The van der Waals surface area contributed by atoms with Gasteiger partial charge in [-0.25, -0.2) is 8.78 Å². The van der Waals surface area contributed by atoms with Crippen LogP contribution in [0.15, 0.2) is 12.1 Å². The molecule has 3 nitrogen and oxygen atoms in total. The summed E-state index contributed by atoms with van der Waals surface area (Å²) in [5.41, 5.74) is 2.68. The highest BCUT2D eigenvalue weighted by atomic mass is 19.1. The summed E-state index contributed by atoms with van der Waals surface area (Å²) in [6.45, 7) is 7.29. The molecule has 1 heterocycles. The van der Waals surface area contributed by atoms with Crippen molar-refractivity contribution in [3.8, 4) is 17.2 Å². The van der Waals surface area contributed by atoms with Gasteiger partial charge in [-0.05, 0) is 69.4 Å². The van der Waals surface area contributed by atoms with Gasteiger partial charge in [0.1, 0.15) is 17.1 Å². The molecule has 0 bridgehead atoms. The topological polar surface area (TPSA) is 49.7 Å². The van der Waals surface area contributed by atoms with E-state index in [-0.39, 0.29) is 5.75 Å². The number of hydrogen-bond acceptors (Lipinski definition) is 3. The molecule has 2 aromatic rings. The summed E-state index contributed by atoms with van der Waals surface area (Å²) in [7, 11) is 0. The van der Waals surface area contributed by atoms with Crippen molar-refractivity contribution in [3.05, 3.63) is 51.6 Å². The lowest BCUT2D eigenvalue weighted by molar-refractivity contribution is 0.0603. The van der Waals surface area contributed by atoms with Crippen molar-refractivity contribution in [1.82, 2.24) is 0 Å². The molecule has 2 aromatic carbocycles. The fourth-order valence-corrected chi connectivity index (χ4v) is 3.32. The molecule has 0 aromatic heterocycles. The maximum Gasteiger partial charge on any atom is 0.187 e. The second kappa shape index (κ2) is 5.36. The number of halogens is 2. The van der Waals surface area contributed by atoms with Crippen LogP contribution in [-0.2, 0) is 12.0 Å². The van der Waals surface area contributed by atoms with E-state index < -0.39 is 23.0 Å². The summed E-state index contributed by atoms with van der Waals surface area (Å²) in [5.74, 6) is -2.07. The van der Waals surface area contributed by atoms with E-state index in [1.165, 1.54) is 0 Å². The average Bonchev–Trinajstić information content (AvgIpc) is 2.55. The first-order valence-corrected chi connectivity index (χ1v) is 7.85. The molecule has 0 radical (unpaired) electrons. The van der Waals surface area contributed by atoms with Crippen LogP contribution >= 0.6 is 0 Å². The molecule has 0 aliphatic carbocycles. The van der Waals surface area contributed by atoms with Gasteiger partial charge in [0.2, 0.25) is 0 Å². The van der Waals surface area contributed by atoms with Crippen LogP contribution in [0.25, 0.3) is 0 Å². The molecule has 3 rings (SSSR count). The molecule has 1 unspecified atom stereocenters. The average molecular weight is 334 g/mol. The molecule has 0 saturated heterocycles. The third-order valence-corrected chi connectivity index (χ3v) is 5.15. The fourth-order valence-electron chi connectivity index (χ4n) is 3.32. The van der Waals surface area contributed by atoms with Gasteiger partial charge in [-0.2, -0.15) is 0 Å². The van der Waals surface area contributed by atoms with Crippen molar-refractivity contribution >= 4 is 0 Å². The van der Waals surface area contributed by atoms with Crippen LogP contribution < -0.4 is 4.74 Å². The fraction of sp³-hybridized carbons (Fsp3) is 0.368. The normalized spacial score (nSPS) is 19.8. The number of rotatable bonds is 1. The second-order valence-electron chi connectivity index (χ2n) is 6.65. The minimum atomic E-state index is -1.00. The number of phenolic OH excluding ortho intramolecular Hbond substituents is 2. The number of hydrogen-bond donors (Lipinski definition) is 2. The first kappa shape index (κ1) is 16.6. The number of aromatic hydroxyl groups is 2. The van der Waals surface area contributed by atoms with Crippen LogP contribution in [-0.4, -0.2) is 10.2 Å². The van der Waals surface area contributed by atoms with Gasteiger partial charge < -0.3 is 14.9 Å². The standard InChI is InChI=1S/C19H20F2O3/c1-9-10(2)18-13(11(3)16(9)22)5-6-19(4,24-18)12-7-14(20)17(23)15(21)8-12/h7-8,22-23H,5-6H2,1-4H3. The highest BCUT2D eigenvalue weighted by Gasteiger charge is 2.37. The van der Waals surface area contributed by atoms with Gasteiger partial charge in [0.05, 0.1) is 0 Å². The Morgan fingerprint density at radius 1 is 0.958 bits per heavy atom. The number of ether oxygens (including phenoxy) is 1. The first-order valence-electron chi connectivity index (χ1n) is 7.85. The van der Waals surface area contributed by atoms with E-state index in [1.54, 1.807) is 6.92 Å². The molecule has 1 atom stereocenters. The molecule has 5 heteroatoms. The summed E-state index contributed by atoms with van der Waals surface area (Å²) in [5, 5.41) is 19.5. The van der Waals surface area contributed by atoms with Crippen molar-refractivity contribution < 1.29 is 23.7 Å². The molecule has 0 fully saturated rings. The Bertz CT molecular complexity index is 822. The predicted octanol–water partition coefficient (Wildman–Crippen LogP) is 4.54. The van der Waals surface area contributed by atoms with Crippen molar-refractivity contribution in [2.75, 3.05) is 0 Å². The highest BCUT2D eigenvalue weighted by molar-refractivity contribution is 5.58. The Morgan fingerprint density at radius 2 is 1.54 bits per heavy atom. The Kier molecular flexibility index (Phi) is 3.70. The van der Waals surface area contributed by atoms with Crippen LogP contribution in [0.5, 0.6) is 17.2 Å². The molecule has 0 saturated carbocycles. The molecule has 128 valence electrons. The molecule has 1 aliphatic rings. The number of phenols is 2. The molecule has 1 aliphatic heterocycles. The molecular formula is C19H20F2O3. The minimum absolute atomic E-state index is 0.264. The zero-order valence-electron chi connectivity index (χ0n) is 14.1. The predicted molar refractivity (Wildman–Crippen MR) is 86.6 cm³/mol. The Hall–Kier alpha value is -2.30. The quantitative estimate of drug-likeness (QED) is 0.805. The zero-order valence-corrected chi connectivity index (χ0v) is 14.1. The maximum absolute atomic E-state index is 13.7. The summed E-state index contributed by atoms with van der Waals surface area (Å²) in [4.78, 5) is 0. The van der Waals surface area contributed by atoms with E-state index in [1.807, 2.05) is 20.8 Å². The summed E-state index contributed by atoms with van der Waals surface area (Å²) in [6, 6.07) is 2.22. The van der Waals surface area contributed by atoms with E-state index in [2.05, 4.69) is 0 Å². The number of fused-ring (bicyclic) bond motifs is 1. The van der Waals surface area contributed by atoms with Gasteiger partial charge >= 0.3 is 0 Å². The van der Waals surface area contributed by atoms with Gasteiger partial charge in [-0.3, -0.25) is 0 Å². The second-order valence-corrected chi connectivity index (χ2v) is 6.65. The van der Waals surface area contributed by atoms with Crippen molar-refractivity contribution in [2.45, 2.75) is 46.1 Å².